The first-order chi connectivity index (χ1) is 12.3. The lowest BCUT2D eigenvalue weighted by molar-refractivity contribution is -0.527. The van der Waals surface area contributed by atoms with E-state index in [0.717, 1.165) is 4.47 Å². The fourth-order valence-electron chi connectivity index (χ4n) is 2.54. The number of hydrogen-bond donors (Lipinski definition) is 1. The van der Waals surface area contributed by atoms with Crippen LogP contribution in [0, 0.1) is 17.2 Å². The highest BCUT2D eigenvalue weighted by Crippen LogP contribution is 2.42. The molecule has 9 heteroatoms. The first kappa shape index (κ1) is 20.4. The number of carbonyl (C=O) groups excluding carboxylic acids is 2. The van der Waals surface area contributed by atoms with E-state index in [0.29, 0.717) is 15.8 Å². The summed E-state index contributed by atoms with van der Waals surface area (Å²) in [7, 11) is 0. The molecule has 0 unspecified atom stereocenters. The minimum atomic E-state index is -1.81. The number of quaternary nitrogens is 1. The summed E-state index contributed by atoms with van der Waals surface area (Å²) < 4.78 is 17.3. The SMILES string of the molecule is CCOC(=O)C1=Cc2cc(Br)cc(Br)c2O[C@]1([NH3+])[C@H](C#N)C(=O)OCC. The zero-order chi connectivity index (χ0) is 19.5. The van der Waals surface area contributed by atoms with Gasteiger partial charge in [-0.25, -0.2) is 4.79 Å². The molecular weight excluding hydrogens is 472 g/mol. The number of benzene rings is 1. The Morgan fingerprint density at radius 2 is 1.96 bits per heavy atom. The van der Waals surface area contributed by atoms with E-state index in [2.05, 4.69) is 37.6 Å². The summed E-state index contributed by atoms with van der Waals surface area (Å²) >= 11 is 6.75. The van der Waals surface area contributed by atoms with Crippen molar-refractivity contribution in [2.45, 2.75) is 19.6 Å². The molecule has 2 rings (SSSR count). The molecule has 1 aromatic carbocycles. The van der Waals surface area contributed by atoms with Crippen molar-refractivity contribution in [2.75, 3.05) is 13.2 Å². The van der Waals surface area contributed by atoms with Crippen LogP contribution in [0.4, 0.5) is 0 Å². The molecule has 0 amide bonds. The largest absolute Gasteiger partial charge is 0.465 e. The van der Waals surface area contributed by atoms with E-state index in [1.165, 1.54) is 6.08 Å². The summed E-state index contributed by atoms with van der Waals surface area (Å²) in [6, 6.07) is 5.34. The third-order valence-corrected chi connectivity index (χ3v) is 4.74. The van der Waals surface area contributed by atoms with Crippen molar-refractivity contribution in [2.24, 2.45) is 5.92 Å². The maximum atomic E-state index is 12.5. The second-order valence-corrected chi connectivity index (χ2v) is 7.16. The van der Waals surface area contributed by atoms with Gasteiger partial charge in [0.1, 0.15) is 11.3 Å². The number of ether oxygens (including phenoxy) is 3. The lowest BCUT2D eigenvalue weighted by atomic mass is 9.86. The van der Waals surface area contributed by atoms with Crippen LogP contribution >= 0.6 is 31.9 Å². The van der Waals surface area contributed by atoms with Crippen LogP contribution < -0.4 is 10.5 Å². The Bertz CT molecular complexity index is 818. The number of carbonyl (C=O) groups is 2. The first-order valence-electron chi connectivity index (χ1n) is 7.77. The van der Waals surface area contributed by atoms with Crippen LogP contribution in [0.25, 0.3) is 6.08 Å². The third-order valence-electron chi connectivity index (χ3n) is 3.69. The molecule has 0 aliphatic carbocycles. The zero-order valence-electron chi connectivity index (χ0n) is 14.2. The fraction of sp³-hybridized carbons (Fsp3) is 0.353. The molecule has 1 aliphatic rings. The van der Waals surface area contributed by atoms with Gasteiger partial charge in [-0.15, -0.1) is 0 Å². The molecule has 0 spiro atoms. The maximum absolute atomic E-state index is 12.5. The normalized spacial score (nSPS) is 19.3. The maximum Gasteiger partial charge on any atom is 0.344 e. The number of nitriles is 1. The quantitative estimate of drug-likeness (QED) is 0.635. The average molecular weight is 489 g/mol. The Balaban J connectivity index is 2.65. The van der Waals surface area contributed by atoms with Gasteiger partial charge in [-0.3, -0.25) is 4.79 Å². The van der Waals surface area contributed by atoms with Crippen molar-refractivity contribution in [1.29, 1.82) is 5.26 Å². The van der Waals surface area contributed by atoms with Gasteiger partial charge in [-0.05, 0) is 48.0 Å². The van der Waals surface area contributed by atoms with Gasteiger partial charge < -0.3 is 19.9 Å². The minimum absolute atomic E-state index is 0.0311. The van der Waals surface area contributed by atoms with Gasteiger partial charge >= 0.3 is 11.9 Å². The Kier molecular flexibility index (Phi) is 6.44. The second kappa shape index (κ2) is 8.20. The number of halogens is 2. The number of fused-ring (bicyclic) bond motifs is 1. The Labute approximate surface area is 167 Å². The summed E-state index contributed by atoms with van der Waals surface area (Å²) in [6.45, 7) is 3.48. The van der Waals surface area contributed by atoms with Gasteiger partial charge in [0.05, 0.1) is 23.8 Å². The molecule has 7 nitrogen and oxygen atoms in total. The van der Waals surface area contributed by atoms with Crippen LogP contribution in [0.1, 0.15) is 19.4 Å². The molecule has 2 atom stereocenters. The molecule has 1 heterocycles. The lowest BCUT2D eigenvalue weighted by Gasteiger charge is -2.34. The fourth-order valence-corrected chi connectivity index (χ4v) is 3.88. The standard InChI is InChI=1S/C17H16Br2N2O5/c1-3-24-15(22)11-6-9-5-10(18)7-13(19)14(9)26-17(11,21)12(8-20)16(23)25-4-2/h5-7,12H,3-4,21H2,1-2H3/p+1/t12-,17+/m1/s1. The average Bonchev–Trinajstić information content (AvgIpc) is 2.56. The molecule has 1 aliphatic heterocycles. The van der Waals surface area contributed by atoms with Crippen molar-refractivity contribution in [3.63, 3.8) is 0 Å². The summed E-state index contributed by atoms with van der Waals surface area (Å²) in [4.78, 5) is 24.8. The van der Waals surface area contributed by atoms with Crippen LogP contribution in [0.2, 0.25) is 0 Å². The molecule has 0 bridgehead atoms. The van der Waals surface area contributed by atoms with Crippen LogP contribution in [-0.4, -0.2) is 30.9 Å². The van der Waals surface area contributed by atoms with Gasteiger partial charge in [0.2, 0.25) is 5.92 Å². The molecule has 3 N–H and O–H groups in total. The Morgan fingerprint density at radius 1 is 1.31 bits per heavy atom. The predicted molar refractivity (Wildman–Crippen MR) is 98.4 cm³/mol. The van der Waals surface area contributed by atoms with Gasteiger partial charge in [-0.2, -0.15) is 5.26 Å². The molecule has 0 aromatic heterocycles. The minimum Gasteiger partial charge on any atom is -0.465 e. The highest BCUT2D eigenvalue weighted by Gasteiger charge is 2.56. The number of esters is 2. The van der Waals surface area contributed by atoms with Crippen molar-refractivity contribution >= 4 is 49.9 Å². The Hall–Kier alpha value is -1.89. The summed E-state index contributed by atoms with van der Waals surface area (Å²) in [5, 5.41) is 9.56. The van der Waals surface area contributed by atoms with Gasteiger partial charge in [0.25, 0.3) is 5.72 Å². The van der Waals surface area contributed by atoms with Gasteiger partial charge in [0.15, 0.2) is 0 Å². The van der Waals surface area contributed by atoms with Crippen molar-refractivity contribution in [1.82, 2.24) is 0 Å². The lowest BCUT2D eigenvalue weighted by Crippen LogP contribution is -2.82. The summed E-state index contributed by atoms with van der Waals surface area (Å²) in [6.07, 6.45) is 1.52. The van der Waals surface area contributed by atoms with Crippen molar-refractivity contribution in [3.05, 3.63) is 32.2 Å². The second-order valence-electron chi connectivity index (χ2n) is 5.39. The molecule has 0 radical (unpaired) electrons. The van der Waals surface area contributed by atoms with Crippen LogP contribution in [0.15, 0.2) is 26.7 Å². The van der Waals surface area contributed by atoms with Crippen molar-refractivity contribution < 1.29 is 29.5 Å². The van der Waals surface area contributed by atoms with Crippen LogP contribution in [0.5, 0.6) is 5.75 Å². The van der Waals surface area contributed by atoms with E-state index in [9.17, 15) is 14.9 Å². The first-order valence-corrected chi connectivity index (χ1v) is 9.36. The molecule has 138 valence electrons. The van der Waals surface area contributed by atoms with E-state index in [1.54, 1.807) is 26.0 Å². The summed E-state index contributed by atoms with van der Waals surface area (Å²) in [5.74, 6) is -2.63. The van der Waals surface area contributed by atoms with E-state index < -0.39 is 23.6 Å². The third kappa shape index (κ3) is 3.77. The smallest absolute Gasteiger partial charge is 0.344 e. The molecule has 0 saturated heterocycles. The van der Waals surface area contributed by atoms with E-state index in [-0.39, 0.29) is 18.8 Å². The highest BCUT2D eigenvalue weighted by molar-refractivity contribution is 9.11. The summed E-state index contributed by atoms with van der Waals surface area (Å²) in [5.41, 5.74) is 2.64. The van der Waals surface area contributed by atoms with E-state index >= 15 is 0 Å². The topological polar surface area (TPSA) is 113 Å². The molecule has 26 heavy (non-hydrogen) atoms. The number of rotatable bonds is 5. The van der Waals surface area contributed by atoms with Gasteiger partial charge in [0, 0.05) is 10.0 Å². The van der Waals surface area contributed by atoms with E-state index in [1.807, 2.05) is 6.07 Å². The predicted octanol–water partition coefficient (Wildman–Crippen LogP) is 2.19. The van der Waals surface area contributed by atoms with E-state index in [4.69, 9.17) is 14.2 Å². The molecular formula is C17H17Br2N2O5+. The molecule has 0 saturated carbocycles. The highest BCUT2D eigenvalue weighted by atomic mass is 79.9. The monoisotopic (exact) mass is 487 g/mol. The van der Waals surface area contributed by atoms with Crippen LogP contribution in [-0.2, 0) is 19.1 Å². The number of nitrogens with zero attached hydrogens (tertiary/aromatic N) is 1. The molecule has 0 fully saturated rings. The Morgan fingerprint density at radius 3 is 2.54 bits per heavy atom. The van der Waals surface area contributed by atoms with Crippen LogP contribution in [0.3, 0.4) is 0 Å². The van der Waals surface area contributed by atoms with Crippen molar-refractivity contribution in [3.8, 4) is 11.8 Å². The zero-order valence-corrected chi connectivity index (χ0v) is 17.3. The number of hydrogen-bond acceptors (Lipinski definition) is 6. The van der Waals surface area contributed by atoms with Gasteiger partial charge in [-0.1, -0.05) is 15.9 Å². The molecule has 1 aromatic rings.